The lowest BCUT2D eigenvalue weighted by molar-refractivity contribution is -0.0329. The Kier molecular flexibility index (Phi) is 8.61. The van der Waals surface area contributed by atoms with E-state index in [4.69, 9.17) is 4.74 Å². The van der Waals surface area contributed by atoms with E-state index in [9.17, 15) is 26.3 Å². The van der Waals surface area contributed by atoms with Crippen molar-refractivity contribution >= 4 is 45.6 Å². The second kappa shape index (κ2) is 11.7. The third-order valence-electron chi connectivity index (χ3n) is 5.58. The fourth-order valence-corrected chi connectivity index (χ4v) is 4.85. The molecule has 1 aliphatic heterocycles. The molecule has 14 heteroatoms. The van der Waals surface area contributed by atoms with Gasteiger partial charge < -0.3 is 19.5 Å². The largest absolute Gasteiger partial charge is 0.768 e. The second-order valence-electron chi connectivity index (χ2n) is 8.24. The smallest absolute Gasteiger partial charge is 0.447 e. The van der Waals surface area contributed by atoms with E-state index in [-0.39, 0.29) is 57.6 Å². The van der Waals surface area contributed by atoms with E-state index in [1.165, 1.54) is 42.0 Å². The SMILES string of the molecule is COc1cc(S(=O)[O-])ccc1NCC#Cc1nc2c(N=C3CCN(C)C[C@@H]3F)cccn2c1SC(F)(F)F. The molecule has 2 aromatic heterocycles. The van der Waals surface area contributed by atoms with Crippen LogP contribution in [0.1, 0.15) is 12.1 Å². The van der Waals surface area contributed by atoms with Gasteiger partial charge in [0.1, 0.15) is 22.2 Å². The van der Waals surface area contributed by atoms with E-state index in [0.29, 0.717) is 24.4 Å². The number of imidazole rings is 1. The highest BCUT2D eigenvalue weighted by molar-refractivity contribution is 8.00. The number of rotatable bonds is 6. The number of nitrogens with one attached hydrogen (secondary N) is 1. The molecule has 1 fully saturated rings. The van der Waals surface area contributed by atoms with Crippen molar-refractivity contribution in [3.63, 3.8) is 0 Å². The van der Waals surface area contributed by atoms with Crippen LogP contribution in [-0.2, 0) is 11.1 Å². The number of thioether (sulfide) groups is 1. The van der Waals surface area contributed by atoms with Gasteiger partial charge in [0.2, 0.25) is 0 Å². The van der Waals surface area contributed by atoms with E-state index in [1.807, 2.05) is 4.90 Å². The van der Waals surface area contributed by atoms with Gasteiger partial charge in [-0.2, -0.15) is 13.2 Å². The molecule has 0 spiro atoms. The first-order valence-electron chi connectivity index (χ1n) is 11.2. The summed E-state index contributed by atoms with van der Waals surface area (Å²) in [6.45, 7) is 0.821. The maximum Gasteiger partial charge on any atom is 0.447 e. The Hall–Kier alpha value is -3.12. The number of nitrogens with zero attached hydrogens (tertiary/aromatic N) is 4. The molecule has 8 nitrogen and oxygen atoms in total. The van der Waals surface area contributed by atoms with Crippen LogP contribution in [0.4, 0.5) is 28.9 Å². The maximum absolute atomic E-state index is 14.5. The fraction of sp³-hybridized carbons (Fsp3) is 0.333. The molecule has 0 amide bonds. The summed E-state index contributed by atoms with van der Waals surface area (Å²) >= 11 is -2.78. The number of piperidine rings is 1. The number of aromatic nitrogens is 2. The molecular formula is C24H22F4N5O3S2-. The van der Waals surface area contributed by atoms with Gasteiger partial charge in [0, 0.05) is 42.4 Å². The molecule has 38 heavy (non-hydrogen) atoms. The lowest BCUT2D eigenvalue weighted by Gasteiger charge is -2.26. The van der Waals surface area contributed by atoms with Gasteiger partial charge in [-0.25, -0.2) is 9.37 Å². The van der Waals surface area contributed by atoms with Crippen molar-refractivity contribution in [2.24, 2.45) is 4.99 Å². The molecular weight excluding hydrogens is 546 g/mol. The summed E-state index contributed by atoms with van der Waals surface area (Å²) in [4.78, 5) is 10.6. The molecule has 1 saturated heterocycles. The topological polar surface area (TPSA) is 94.3 Å². The summed E-state index contributed by atoms with van der Waals surface area (Å²) in [6, 6.07) is 7.30. The van der Waals surface area contributed by atoms with Gasteiger partial charge in [0.25, 0.3) is 0 Å². The predicted molar refractivity (Wildman–Crippen MR) is 137 cm³/mol. The quantitative estimate of drug-likeness (QED) is 0.204. The molecule has 0 bridgehead atoms. The molecule has 2 atom stereocenters. The van der Waals surface area contributed by atoms with Crippen molar-refractivity contribution in [1.29, 1.82) is 0 Å². The minimum Gasteiger partial charge on any atom is -0.768 e. The van der Waals surface area contributed by atoms with Crippen LogP contribution in [0.25, 0.3) is 5.65 Å². The zero-order chi connectivity index (χ0) is 27.4. The third kappa shape index (κ3) is 6.65. The molecule has 0 saturated carbocycles. The normalized spacial score (nSPS) is 18.3. The van der Waals surface area contributed by atoms with Crippen molar-refractivity contribution < 1.29 is 31.1 Å². The van der Waals surface area contributed by atoms with Gasteiger partial charge in [0.05, 0.1) is 25.1 Å². The van der Waals surface area contributed by atoms with Gasteiger partial charge in [-0.3, -0.25) is 13.6 Å². The number of anilines is 1. The Bertz CT molecular complexity index is 1450. The minimum absolute atomic E-state index is 0.00632. The van der Waals surface area contributed by atoms with E-state index in [1.54, 1.807) is 13.1 Å². The number of likely N-dealkylation sites (tertiary alicyclic amines) is 1. The van der Waals surface area contributed by atoms with Crippen molar-refractivity contribution in [2.75, 3.05) is 39.1 Å². The predicted octanol–water partition coefficient (Wildman–Crippen LogP) is 4.40. The molecule has 0 radical (unpaired) electrons. The first kappa shape index (κ1) is 27.9. The Labute approximate surface area is 222 Å². The standard InChI is InChI=1S/C24H23F4N5O3S2/c1-32-12-9-17(16(25)14-32)30-19-6-4-11-33-22(19)31-20(23(33)37-24(26,27)28)5-3-10-29-18-8-7-15(38(34)35)13-21(18)36-2/h4,6-8,11,13,16,29H,9-10,12,14H2,1-2H3,(H,34,35)/p-1/t16-/m0/s1. The van der Waals surface area contributed by atoms with Crippen molar-refractivity contribution in [3.05, 3.63) is 42.2 Å². The van der Waals surface area contributed by atoms with E-state index in [2.05, 4.69) is 27.1 Å². The number of methoxy groups -OCH3 is 1. The summed E-state index contributed by atoms with van der Waals surface area (Å²) in [5.41, 5.74) is -3.54. The van der Waals surface area contributed by atoms with Crippen LogP contribution in [0, 0.1) is 11.8 Å². The number of benzene rings is 1. The van der Waals surface area contributed by atoms with Crippen LogP contribution in [-0.4, -0.2) is 74.2 Å². The van der Waals surface area contributed by atoms with Crippen molar-refractivity contribution in [1.82, 2.24) is 14.3 Å². The second-order valence-corrected chi connectivity index (χ2v) is 10.2. The number of aliphatic imine (C=N–C) groups is 1. The minimum atomic E-state index is -4.60. The Morgan fingerprint density at radius 1 is 1.37 bits per heavy atom. The highest BCUT2D eigenvalue weighted by atomic mass is 32.2. The lowest BCUT2D eigenvalue weighted by Crippen LogP contribution is -2.39. The molecule has 3 aromatic rings. The molecule has 1 aromatic carbocycles. The molecule has 1 unspecified atom stereocenters. The number of pyridine rings is 1. The summed E-state index contributed by atoms with van der Waals surface area (Å²) in [5, 5.41) is 2.71. The van der Waals surface area contributed by atoms with Crippen molar-refractivity contribution in [2.45, 2.75) is 28.0 Å². The van der Waals surface area contributed by atoms with E-state index < -0.39 is 22.8 Å². The maximum atomic E-state index is 14.5. The summed E-state index contributed by atoms with van der Waals surface area (Å²) < 4.78 is 83.4. The number of alkyl halides is 4. The third-order valence-corrected chi connectivity index (χ3v) is 7.04. The molecule has 3 heterocycles. The molecule has 1 N–H and O–H groups in total. The summed E-state index contributed by atoms with van der Waals surface area (Å²) in [5.74, 6) is 5.68. The molecule has 4 rings (SSSR count). The number of halogens is 4. The summed E-state index contributed by atoms with van der Waals surface area (Å²) in [6.07, 6.45) is 0.548. The van der Waals surface area contributed by atoms with Crippen LogP contribution >= 0.6 is 11.8 Å². The number of ether oxygens (including phenoxy) is 1. The zero-order valence-corrected chi connectivity index (χ0v) is 21.8. The van der Waals surface area contributed by atoms with Crippen molar-refractivity contribution in [3.8, 4) is 17.6 Å². The number of hydrogen-bond donors (Lipinski definition) is 1. The van der Waals surface area contributed by atoms with Gasteiger partial charge >= 0.3 is 5.51 Å². The van der Waals surface area contributed by atoms with Gasteiger partial charge in [0.15, 0.2) is 11.8 Å². The zero-order valence-electron chi connectivity index (χ0n) is 20.2. The molecule has 202 valence electrons. The van der Waals surface area contributed by atoms with Gasteiger partial charge in [-0.15, -0.1) is 0 Å². The van der Waals surface area contributed by atoms with Crippen LogP contribution in [0.15, 0.2) is 51.4 Å². The van der Waals surface area contributed by atoms with Crippen LogP contribution in [0.5, 0.6) is 5.75 Å². The first-order valence-corrected chi connectivity index (χ1v) is 13.1. The van der Waals surface area contributed by atoms with E-state index >= 15 is 0 Å². The van der Waals surface area contributed by atoms with Gasteiger partial charge in [-0.05, 0) is 54.4 Å². The monoisotopic (exact) mass is 568 g/mol. The Balaban J connectivity index is 1.65. The van der Waals surface area contributed by atoms with Crippen LogP contribution < -0.4 is 10.1 Å². The van der Waals surface area contributed by atoms with Gasteiger partial charge in [-0.1, -0.05) is 5.92 Å². The number of fused-ring (bicyclic) bond motifs is 1. The number of hydrogen-bond acceptors (Lipinski definition) is 8. The fourth-order valence-electron chi connectivity index (χ4n) is 3.81. The Morgan fingerprint density at radius 2 is 2.16 bits per heavy atom. The Morgan fingerprint density at radius 3 is 2.84 bits per heavy atom. The highest BCUT2D eigenvalue weighted by Crippen LogP contribution is 2.40. The molecule has 1 aliphatic rings. The van der Waals surface area contributed by atoms with E-state index in [0.717, 1.165) is 0 Å². The highest BCUT2D eigenvalue weighted by Gasteiger charge is 2.33. The first-order chi connectivity index (χ1) is 18.1. The van der Waals surface area contributed by atoms with Crippen LogP contribution in [0.2, 0.25) is 0 Å². The van der Waals surface area contributed by atoms with Crippen LogP contribution in [0.3, 0.4) is 0 Å². The molecule has 0 aliphatic carbocycles. The summed E-state index contributed by atoms with van der Waals surface area (Å²) in [7, 11) is 3.18. The average Bonchev–Trinajstić information content (AvgIpc) is 3.20. The lowest BCUT2D eigenvalue weighted by atomic mass is 10.1. The average molecular weight is 569 g/mol.